The second-order valence-corrected chi connectivity index (χ2v) is 5.78. The summed E-state index contributed by atoms with van der Waals surface area (Å²) in [6.07, 6.45) is 1.46. The van der Waals surface area contributed by atoms with Crippen LogP contribution in [0.15, 0.2) is 36.2 Å². The Morgan fingerprint density at radius 2 is 2.04 bits per heavy atom. The maximum atomic E-state index is 12.5. The summed E-state index contributed by atoms with van der Waals surface area (Å²) in [7, 11) is 3.98. The van der Waals surface area contributed by atoms with Crippen molar-refractivity contribution in [1.82, 2.24) is 14.8 Å². The molecule has 1 N–H and O–H groups in total. The fourth-order valence-electron chi connectivity index (χ4n) is 2.80. The van der Waals surface area contributed by atoms with E-state index < -0.39 is 0 Å². The fourth-order valence-corrected chi connectivity index (χ4v) is 2.80. The highest BCUT2D eigenvalue weighted by Gasteiger charge is 2.32. The van der Waals surface area contributed by atoms with Crippen molar-refractivity contribution < 1.29 is 9.53 Å². The van der Waals surface area contributed by atoms with Crippen molar-refractivity contribution in [2.75, 3.05) is 30.9 Å². The van der Waals surface area contributed by atoms with Gasteiger partial charge in [0.25, 0.3) is 0 Å². The van der Waals surface area contributed by atoms with Crippen LogP contribution >= 0.6 is 0 Å². The first kappa shape index (κ1) is 16.0. The summed E-state index contributed by atoms with van der Waals surface area (Å²) in [5, 5.41) is 7.45. The predicted octanol–water partition coefficient (Wildman–Crippen LogP) is 2.31. The molecule has 1 aliphatic heterocycles. The van der Waals surface area contributed by atoms with Crippen molar-refractivity contribution in [2.24, 2.45) is 0 Å². The van der Waals surface area contributed by atoms with Gasteiger partial charge in [-0.25, -0.2) is 9.48 Å². The van der Waals surface area contributed by atoms with E-state index in [1.807, 2.05) is 50.2 Å². The molecule has 3 rings (SSSR count). The molecular weight excluding hydrogens is 306 g/mol. The molecule has 1 aromatic heterocycles. The van der Waals surface area contributed by atoms with E-state index in [-0.39, 0.29) is 12.0 Å². The van der Waals surface area contributed by atoms with Crippen molar-refractivity contribution in [3.8, 4) is 0 Å². The van der Waals surface area contributed by atoms with Crippen LogP contribution in [0.2, 0.25) is 0 Å². The van der Waals surface area contributed by atoms with Crippen molar-refractivity contribution in [2.45, 2.75) is 19.9 Å². The molecule has 0 saturated heterocycles. The first-order valence-electron chi connectivity index (χ1n) is 7.85. The number of benzene rings is 1. The van der Waals surface area contributed by atoms with E-state index >= 15 is 0 Å². The molecule has 0 bridgehead atoms. The molecule has 0 saturated carbocycles. The minimum absolute atomic E-state index is 0.322. The standard InChI is InChI=1S/C17H21N5O2/c1-5-24-16(23)14-11(2)22-17(18-10-19-22)20-15(14)12-6-8-13(9-7-12)21(3)4/h6-10,15H,5H2,1-4H3,(H,18,19,20). The maximum absolute atomic E-state index is 12.5. The Labute approximate surface area is 140 Å². The van der Waals surface area contributed by atoms with Crippen LogP contribution in [0.5, 0.6) is 0 Å². The van der Waals surface area contributed by atoms with Gasteiger partial charge in [0.05, 0.1) is 23.9 Å². The fraction of sp³-hybridized carbons (Fsp3) is 0.353. The van der Waals surface area contributed by atoms with Crippen LogP contribution in [0, 0.1) is 0 Å². The predicted molar refractivity (Wildman–Crippen MR) is 92.7 cm³/mol. The number of esters is 1. The van der Waals surface area contributed by atoms with Gasteiger partial charge in [-0.3, -0.25) is 0 Å². The number of nitrogens with one attached hydrogen (secondary N) is 1. The molecule has 24 heavy (non-hydrogen) atoms. The highest BCUT2D eigenvalue weighted by molar-refractivity contribution is 5.97. The molecule has 7 heteroatoms. The monoisotopic (exact) mass is 327 g/mol. The zero-order valence-electron chi connectivity index (χ0n) is 14.3. The molecule has 1 atom stereocenters. The van der Waals surface area contributed by atoms with Gasteiger partial charge in [0.15, 0.2) is 0 Å². The van der Waals surface area contributed by atoms with Crippen molar-refractivity contribution in [3.05, 3.63) is 41.7 Å². The molecular formula is C17H21N5O2. The SMILES string of the molecule is CCOC(=O)C1=C(C)n2ncnc2NC1c1ccc(N(C)C)cc1. The Balaban J connectivity index is 2.05. The lowest BCUT2D eigenvalue weighted by molar-refractivity contribution is -0.138. The maximum Gasteiger partial charge on any atom is 0.338 e. The first-order valence-corrected chi connectivity index (χ1v) is 7.85. The smallest absolute Gasteiger partial charge is 0.338 e. The van der Waals surface area contributed by atoms with Crippen molar-refractivity contribution in [3.63, 3.8) is 0 Å². The lowest BCUT2D eigenvalue weighted by Crippen LogP contribution is -2.28. The summed E-state index contributed by atoms with van der Waals surface area (Å²) in [5.74, 6) is 0.271. The van der Waals surface area contributed by atoms with Gasteiger partial charge in [-0.15, -0.1) is 0 Å². The third-order valence-corrected chi connectivity index (χ3v) is 4.06. The Morgan fingerprint density at radius 1 is 1.33 bits per heavy atom. The molecule has 0 amide bonds. The van der Waals surface area contributed by atoms with E-state index in [1.54, 1.807) is 11.6 Å². The largest absolute Gasteiger partial charge is 0.463 e. The molecule has 2 aromatic rings. The molecule has 2 heterocycles. The number of hydrogen-bond donors (Lipinski definition) is 1. The number of nitrogens with zero attached hydrogens (tertiary/aromatic N) is 4. The van der Waals surface area contributed by atoms with Crippen LogP contribution in [-0.2, 0) is 9.53 Å². The quantitative estimate of drug-likeness (QED) is 0.869. The highest BCUT2D eigenvalue weighted by Crippen LogP contribution is 2.35. The second kappa shape index (κ2) is 6.35. The average molecular weight is 327 g/mol. The number of ether oxygens (including phenoxy) is 1. The number of hydrogen-bond acceptors (Lipinski definition) is 6. The number of rotatable bonds is 4. The zero-order chi connectivity index (χ0) is 17.3. The molecule has 0 radical (unpaired) electrons. The summed E-state index contributed by atoms with van der Waals surface area (Å²) < 4.78 is 6.87. The number of fused-ring (bicyclic) bond motifs is 1. The topological polar surface area (TPSA) is 72.3 Å². The van der Waals surface area contributed by atoms with Crippen LogP contribution in [0.25, 0.3) is 5.70 Å². The minimum Gasteiger partial charge on any atom is -0.463 e. The van der Waals surface area contributed by atoms with Crippen LogP contribution in [-0.4, -0.2) is 41.4 Å². The Bertz CT molecular complexity index is 777. The average Bonchev–Trinajstić information content (AvgIpc) is 3.04. The minimum atomic E-state index is -0.342. The van der Waals surface area contributed by atoms with Gasteiger partial charge in [-0.2, -0.15) is 10.1 Å². The van der Waals surface area contributed by atoms with Gasteiger partial charge >= 0.3 is 5.97 Å². The van der Waals surface area contributed by atoms with Gasteiger partial charge in [0, 0.05) is 19.8 Å². The van der Waals surface area contributed by atoms with E-state index in [9.17, 15) is 4.79 Å². The summed E-state index contributed by atoms with van der Waals surface area (Å²) in [4.78, 5) is 18.8. The Morgan fingerprint density at radius 3 is 2.67 bits per heavy atom. The Kier molecular flexibility index (Phi) is 4.24. The van der Waals surface area contributed by atoms with E-state index in [1.165, 1.54) is 6.33 Å². The zero-order valence-corrected chi connectivity index (χ0v) is 14.3. The van der Waals surface area contributed by atoms with E-state index in [4.69, 9.17) is 4.74 Å². The molecule has 0 aliphatic carbocycles. The van der Waals surface area contributed by atoms with Crippen LogP contribution in [0.1, 0.15) is 25.5 Å². The molecule has 1 aromatic carbocycles. The number of carbonyl (C=O) groups is 1. The summed E-state index contributed by atoms with van der Waals surface area (Å²) in [6.45, 7) is 3.98. The third kappa shape index (κ3) is 2.73. The summed E-state index contributed by atoms with van der Waals surface area (Å²) in [5.41, 5.74) is 3.34. The summed E-state index contributed by atoms with van der Waals surface area (Å²) in [6, 6.07) is 7.73. The van der Waals surface area contributed by atoms with Gasteiger partial charge in [0.1, 0.15) is 6.33 Å². The lowest BCUT2D eigenvalue weighted by atomic mass is 9.95. The van der Waals surface area contributed by atoms with Crippen molar-refractivity contribution in [1.29, 1.82) is 0 Å². The van der Waals surface area contributed by atoms with Gasteiger partial charge in [-0.05, 0) is 31.5 Å². The third-order valence-electron chi connectivity index (χ3n) is 4.06. The normalized spacial score (nSPS) is 16.4. The molecule has 1 aliphatic rings. The van der Waals surface area contributed by atoms with Crippen molar-refractivity contribution >= 4 is 23.3 Å². The first-order chi connectivity index (χ1) is 11.5. The number of aromatic nitrogens is 3. The molecule has 0 fully saturated rings. The number of carbonyl (C=O) groups excluding carboxylic acids is 1. The van der Waals surface area contributed by atoms with E-state index in [0.717, 1.165) is 16.9 Å². The molecule has 1 unspecified atom stereocenters. The number of anilines is 2. The highest BCUT2D eigenvalue weighted by atomic mass is 16.5. The van der Waals surface area contributed by atoms with Gasteiger partial charge < -0.3 is 15.0 Å². The molecule has 0 spiro atoms. The van der Waals surface area contributed by atoms with Crippen LogP contribution in [0.4, 0.5) is 11.6 Å². The van der Waals surface area contributed by atoms with E-state index in [0.29, 0.717) is 18.1 Å². The molecule has 126 valence electrons. The Hall–Kier alpha value is -2.83. The van der Waals surface area contributed by atoms with Crippen LogP contribution in [0.3, 0.4) is 0 Å². The summed E-state index contributed by atoms with van der Waals surface area (Å²) >= 11 is 0. The van der Waals surface area contributed by atoms with Gasteiger partial charge in [0.2, 0.25) is 5.95 Å². The van der Waals surface area contributed by atoms with Crippen LogP contribution < -0.4 is 10.2 Å². The van der Waals surface area contributed by atoms with Gasteiger partial charge in [-0.1, -0.05) is 12.1 Å². The second-order valence-electron chi connectivity index (χ2n) is 5.78. The van der Waals surface area contributed by atoms with E-state index in [2.05, 4.69) is 15.4 Å². The number of allylic oxidation sites excluding steroid dienone is 1. The lowest BCUT2D eigenvalue weighted by Gasteiger charge is -2.28. The molecule has 7 nitrogen and oxygen atoms in total.